The molecular formula is C15H18ClNO2. The van der Waals surface area contributed by atoms with Crippen molar-refractivity contribution in [3.63, 3.8) is 0 Å². The standard InChI is InChI=1S/C15H18ClNO2/c1-11-9-17(10-12(2)19-11)15(18)7-6-13-4-3-5-14(16)8-13/h3-8,11-12H,9-10H2,1-2H3/b7-6+. The lowest BCUT2D eigenvalue weighted by molar-refractivity contribution is -0.137. The van der Waals surface area contributed by atoms with E-state index in [1.54, 1.807) is 12.2 Å². The third-order valence-electron chi connectivity index (χ3n) is 3.00. The van der Waals surface area contributed by atoms with Crippen LogP contribution in [0.1, 0.15) is 19.4 Å². The zero-order valence-corrected chi connectivity index (χ0v) is 11.9. The molecule has 0 N–H and O–H groups in total. The van der Waals surface area contributed by atoms with Crippen molar-refractivity contribution in [3.05, 3.63) is 40.9 Å². The summed E-state index contributed by atoms with van der Waals surface area (Å²) in [5.74, 6) is 0.0157. The molecule has 1 aliphatic rings. The Labute approximate surface area is 118 Å². The van der Waals surface area contributed by atoms with Gasteiger partial charge in [0, 0.05) is 24.2 Å². The molecule has 4 heteroatoms. The minimum Gasteiger partial charge on any atom is -0.372 e. The van der Waals surface area contributed by atoms with Gasteiger partial charge >= 0.3 is 0 Å². The highest BCUT2D eigenvalue weighted by atomic mass is 35.5. The topological polar surface area (TPSA) is 29.5 Å². The molecule has 1 saturated heterocycles. The molecule has 0 saturated carbocycles. The van der Waals surface area contributed by atoms with Crippen molar-refractivity contribution in [2.24, 2.45) is 0 Å². The van der Waals surface area contributed by atoms with Crippen LogP contribution >= 0.6 is 11.6 Å². The molecule has 3 nitrogen and oxygen atoms in total. The summed E-state index contributed by atoms with van der Waals surface area (Å²) in [6.07, 6.45) is 3.56. The highest BCUT2D eigenvalue weighted by molar-refractivity contribution is 6.30. The monoisotopic (exact) mass is 279 g/mol. The van der Waals surface area contributed by atoms with E-state index < -0.39 is 0 Å². The average Bonchev–Trinajstić information content (AvgIpc) is 2.35. The first-order valence-corrected chi connectivity index (χ1v) is 6.80. The van der Waals surface area contributed by atoms with Crippen LogP contribution in [0.2, 0.25) is 5.02 Å². The SMILES string of the molecule is CC1CN(C(=O)/C=C/c2cccc(Cl)c2)CC(C)O1. The molecule has 1 aromatic rings. The highest BCUT2D eigenvalue weighted by Gasteiger charge is 2.24. The van der Waals surface area contributed by atoms with E-state index in [0.29, 0.717) is 18.1 Å². The summed E-state index contributed by atoms with van der Waals surface area (Å²) in [6.45, 7) is 5.25. The molecule has 0 radical (unpaired) electrons. The number of halogens is 1. The van der Waals surface area contributed by atoms with Crippen LogP contribution in [0, 0.1) is 0 Å². The summed E-state index contributed by atoms with van der Waals surface area (Å²) < 4.78 is 5.61. The minimum absolute atomic E-state index is 0.0157. The average molecular weight is 280 g/mol. The van der Waals surface area contributed by atoms with Crippen LogP contribution in [-0.4, -0.2) is 36.1 Å². The fourth-order valence-corrected chi connectivity index (χ4v) is 2.44. The Morgan fingerprint density at radius 3 is 2.68 bits per heavy atom. The lowest BCUT2D eigenvalue weighted by Gasteiger charge is -2.34. The number of hydrogen-bond acceptors (Lipinski definition) is 2. The van der Waals surface area contributed by atoms with Gasteiger partial charge in [0.2, 0.25) is 5.91 Å². The minimum atomic E-state index is 0.0157. The summed E-state index contributed by atoms with van der Waals surface area (Å²) >= 11 is 5.90. The van der Waals surface area contributed by atoms with Crippen molar-refractivity contribution >= 4 is 23.6 Å². The molecule has 0 aliphatic carbocycles. The van der Waals surface area contributed by atoms with Crippen molar-refractivity contribution in [2.45, 2.75) is 26.1 Å². The van der Waals surface area contributed by atoms with Gasteiger partial charge in [-0.15, -0.1) is 0 Å². The van der Waals surface area contributed by atoms with Gasteiger partial charge in [-0.1, -0.05) is 23.7 Å². The molecule has 1 heterocycles. The third kappa shape index (κ3) is 4.08. The van der Waals surface area contributed by atoms with Gasteiger partial charge in [-0.3, -0.25) is 4.79 Å². The van der Waals surface area contributed by atoms with Crippen molar-refractivity contribution in [3.8, 4) is 0 Å². The summed E-state index contributed by atoms with van der Waals surface area (Å²) in [7, 11) is 0. The maximum absolute atomic E-state index is 12.1. The van der Waals surface area contributed by atoms with Crippen LogP contribution in [0.3, 0.4) is 0 Å². The lowest BCUT2D eigenvalue weighted by Crippen LogP contribution is -2.47. The molecule has 0 spiro atoms. The van der Waals surface area contributed by atoms with Gasteiger partial charge in [-0.05, 0) is 37.6 Å². The second kappa shape index (κ2) is 6.22. The van der Waals surface area contributed by atoms with Gasteiger partial charge in [0.1, 0.15) is 0 Å². The lowest BCUT2D eigenvalue weighted by atomic mass is 10.2. The summed E-state index contributed by atoms with van der Waals surface area (Å²) in [4.78, 5) is 13.9. The summed E-state index contributed by atoms with van der Waals surface area (Å²) in [5, 5.41) is 0.670. The number of carbonyl (C=O) groups excluding carboxylic acids is 1. The molecular weight excluding hydrogens is 262 g/mol. The first kappa shape index (κ1) is 14.1. The van der Waals surface area contributed by atoms with Gasteiger partial charge in [0.25, 0.3) is 0 Å². The van der Waals surface area contributed by atoms with Crippen molar-refractivity contribution in [1.29, 1.82) is 0 Å². The number of carbonyl (C=O) groups is 1. The fourth-order valence-electron chi connectivity index (χ4n) is 2.24. The van der Waals surface area contributed by atoms with Crippen LogP contribution in [0.15, 0.2) is 30.3 Å². The molecule has 2 atom stereocenters. The van der Waals surface area contributed by atoms with E-state index in [0.717, 1.165) is 5.56 Å². The first-order chi connectivity index (χ1) is 9.04. The van der Waals surface area contributed by atoms with Crippen LogP contribution in [0.4, 0.5) is 0 Å². The van der Waals surface area contributed by atoms with Gasteiger partial charge < -0.3 is 9.64 Å². The van der Waals surface area contributed by atoms with Crippen LogP contribution in [0.25, 0.3) is 6.08 Å². The van der Waals surface area contributed by atoms with E-state index in [1.807, 2.05) is 43.0 Å². The van der Waals surface area contributed by atoms with Crippen LogP contribution in [0.5, 0.6) is 0 Å². The molecule has 2 unspecified atom stereocenters. The van der Waals surface area contributed by atoms with Crippen molar-refractivity contribution in [2.75, 3.05) is 13.1 Å². The third-order valence-corrected chi connectivity index (χ3v) is 3.23. The molecule has 19 heavy (non-hydrogen) atoms. The smallest absolute Gasteiger partial charge is 0.246 e. The number of rotatable bonds is 2. The second-order valence-electron chi connectivity index (χ2n) is 4.89. The predicted octanol–water partition coefficient (Wildman–Crippen LogP) is 2.99. The Bertz CT molecular complexity index is 477. The summed E-state index contributed by atoms with van der Waals surface area (Å²) in [6, 6.07) is 7.42. The van der Waals surface area contributed by atoms with Crippen LogP contribution < -0.4 is 0 Å². The normalized spacial score (nSPS) is 23.8. The van der Waals surface area contributed by atoms with Crippen molar-refractivity contribution in [1.82, 2.24) is 4.90 Å². The van der Waals surface area contributed by atoms with E-state index in [1.165, 1.54) is 0 Å². The Morgan fingerprint density at radius 2 is 2.05 bits per heavy atom. The van der Waals surface area contributed by atoms with E-state index in [-0.39, 0.29) is 18.1 Å². The Balaban J connectivity index is 2.00. The van der Waals surface area contributed by atoms with E-state index in [2.05, 4.69) is 0 Å². The maximum atomic E-state index is 12.1. The maximum Gasteiger partial charge on any atom is 0.246 e. The predicted molar refractivity (Wildman–Crippen MR) is 77.1 cm³/mol. The Morgan fingerprint density at radius 1 is 1.37 bits per heavy atom. The summed E-state index contributed by atoms with van der Waals surface area (Å²) in [5.41, 5.74) is 0.926. The van der Waals surface area contributed by atoms with Crippen molar-refractivity contribution < 1.29 is 9.53 Å². The number of nitrogens with zero attached hydrogens (tertiary/aromatic N) is 1. The molecule has 0 bridgehead atoms. The van der Waals surface area contributed by atoms with Gasteiger partial charge in [-0.2, -0.15) is 0 Å². The number of ether oxygens (including phenoxy) is 1. The zero-order valence-electron chi connectivity index (χ0n) is 11.2. The Kier molecular flexibility index (Phi) is 4.61. The first-order valence-electron chi connectivity index (χ1n) is 6.42. The van der Waals surface area contributed by atoms with Crippen LogP contribution in [-0.2, 0) is 9.53 Å². The van der Waals surface area contributed by atoms with E-state index in [4.69, 9.17) is 16.3 Å². The van der Waals surface area contributed by atoms with E-state index >= 15 is 0 Å². The van der Waals surface area contributed by atoms with Gasteiger partial charge in [0.15, 0.2) is 0 Å². The number of morpholine rings is 1. The highest BCUT2D eigenvalue weighted by Crippen LogP contribution is 2.14. The largest absolute Gasteiger partial charge is 0.372 e. The molecule has 1 aromatic carbocycles. The van der Waals surface area contributed by atoms with Gasteiger partial charge in [-0.25, -0.2) is 0 Å². The zero-order chi connectivity index (χ0) is 13.8. The molecule has 1 aliphatic heterocycles. The number of benzene rings is 1. The second-order valence-corrected chi connectivity index (χ2v) is 5.33. The molecule has 0 aromatic heterocycles. The Hall–Kier alpha value is -1.32. The fraction of sp³-hybridized carbons (Fsp3) is 0.400. The number of amides is 1. The van der Waals surface area contributed by atoms with E-state index in [9.17, 15) is 4.79 Å². The molecule has 102 valence electrons. The molecule has 2 rings (SSSR count). The van der Waals surface area contributed by atoms with Gasteiger partial charge in [0.05, 0.1) is 12.2 Å². The molecule has 1 fully saturated rings. The number of hydrogen-bond donors (Lipinski definition) is 0. The quantitative estimate of drug-likeness (QED) is 0.779. The molecule has 1 amide bonds.